The molecule has 2 fully saturated rings. The number of benzene rings is 1. The minimum Gasteiger partial charge on any atom is -0.479 e. The number of ketones is 1. The molecule has 8 heteroatoms. The summed E-state index contributed by atoms with van der Waals surface area (Å²) in [5.41, 5.74) is 7.05. The third-order valence-corrected chi connectivity index (χ3v) is 6.19. The molecule has 1 aliphatic carbocycles. The van der Waals surface area contributed by atoms with Crippen molar-refractivity contribution in [1.82, 2.24) is 4.90 Å². The molecule has 4 rings (SSSR count). The van der Waals surface area contributed by atoms with Gasteiger partial charge in [0.1, 0.15) is 5.75 Å². The number of ether oxygens (including phenoxy) is 1. The first-order valence-corrected chi connectivity index (χ1v) is 10.1. The lowest BCUT2D eigenvalue weighted by Gasteiger charge is -2.33. The Hall–Kier alpha value is -2.12. The highest BCUT2D eigenvalue weighted by molar-refractivity contribution is 6.02. The molecule has 1 saturated carbocycles. The monoisotopic (exact) mass is 421 g/mol. The van der Waals surface area contributed by atoms with Crippen LogP contribution in [0.25, 0.3) is 0 Å². The number of likely N-dealkylation sites (tertiary alicyclic amines) is 1. The van der Waals surface area contributed by atoms with Crippen molar-refractivity contribution in [3.8, 4) is 5.75 Å². The Morgan fingerprint density at radius 1 is 1.14 bits per heavy atom. The molecule has 0 spiro atoms. The normalized spacial score (nSPS) is 26.8. The van der Waals surface area contributed by atoms with Crippen molar-refractivity contribution < 1.29 is 19.1 Å². The molecule has 0 aromatic heterocycles. The third-order valence-electron chi connectivity index (χ3n) is 6.19. The second kappa shape index (κ2) is 8.71. The topological polar surface area (TPSA) is 102 Å². The highest BCUT2D eigenvalue weighted by atomic mass is 35.5. The molecule has 0 radical (unpaired) electrons. The van der Waals surface area contributed by atoms with Gasteiger partial charge in [-0.25, -0.2) is 0 Å². The maximum Gasteiger partial charge on any atom is 0.265 e. The zero-order valence-corrected chi connectivity index (χ0v) is 17.4. The maximum atomic E-state index is 12.9. The van der Waals surface area contributed by atoms with E-state index in [0.717, 1.165) is 19.3 Å². The molecule has 1 saturated heterocycles. The quantitative estimate of drug-likeness (QED) is 0.729. The Morgan fingerprint density at radius 3 is 2.52 bits per heavy atom. The van der Waals surface area contributed by atoms with E-state index in [4.69, 9.17) is 10.5 Å². The number of nitrogens with one attached hydrogen (secondary N) is 1. The molecule has 2 amide bonds. The Balaban J connectivity index is 0.00000240. The zero-order valence-electron chi connectivity index (χ0n) is 16.6. The Labute approximate surface area is 176 Å². The van der Waals surface area contributed by atoms with Crippen LogP contribution in [0.2, 0.25) is 0 Å². The number of nitrogens with zero attached hydrogens (tertiary/aromatic N) is 1. The van der Waals surface area contributed by atoms with E-state index in [0.29, 0.717) is 42.9 Å². The number of nitrogens with two attached hydrogens (primary N) is 1. The van der Waals surface area contributed by atoms with Crippen molar-refractivity contribution in [1.29, 1.82) is 0 Å². The number of fused-ring (bicyclic) bond motifs is 1. The van der Waals surface area contributed by atoms with Gasteiger partial charge in [-0.3, -0.25) is 14.4 Å². The lowest BCUT2D eigenvalue weighted by Crippen LogP contribution is -2.43. The van der Waals surface area contributed by atoms with E-state index < -0.39 is 6.10 Å². The molecule has 158 valence electrons. The Bertz CT molecular complexity index is 807. The number of hydrogen-bond donors (Lipinski definition) is 2. The van der Waals surface area contributed by atoms with Gasteiger partial charge in [0.05, 0.1) is 5.69 Å². The van der Waals surface area contributed by atoms with Crippen LogP contribution in [-0.2, 0) is 9.59 Å². The predicted molar refractivity (Wildman–Crippen MR) is 111 cm³/mol. The van der Waals surface area contributed by atoms with Crippen molar-refractivity contribution in [2.75, 3.05) is 18.4 Å². The second-order valence-electron chi connectivity index (χ2n) is 8.19. The number of piperidine rings is 1. The largest absolute Gasteiger partial charge is 0.479 e. The van der Waals surface area contributed by atoms with Crippen LogP contribution < -0.4 is 15.8 Å². The number of carbonyl (C=O) groups is 3. The van der Waals surface area contributed by atoms with Crippen LogP contribution in [0.5, 0.6) is 5.75 Å². The van der Waals surface area contributed by atoms with E-state index in [2.05, 4.69) is 5.32 Å². The van der Waals surface area contributed by atoms with Gasteiger partial charge in [-0.2, -0.15) is 0 Å². The minimum absolute atomic E-state index is 0. The molecule has 1 aromatic carbocycles. The van der Waals surface area contributed by atoms with Crippen LogP contribution in [0, 0.1) is 11.8 Å². The highest BCUT2D eigenvalue weighted by Gasteiger charge is 2.34. The van der Waals surface area contributed by atoms with Crippen molar-refractivity contribution in [3.05, 3.63) is 23.8 Å². The fourth-order valence-corrected chi connectivity index (χ4v) is 4.46. The number of carbonyl (C=O) groups excluding carboxylic acids is 3. The van der Waals surface area contributed by atoms with Crippen LogP contribution in [0.15, 0.2) is 18.2 Å². The predicted octanol–water partition coefficient (Wildman–Crippen LogP) is 2.38. The molecule has 2 heterocycles. The van der Waals surface area contributed by atoms with Crippen LogP contribution in [0.1, 0.15) is 49.4 Å². The SMILES string of the molecule is CC1Oc2ccc(C(=O)C3CCN(C(=O)C4CCC(N)C4)CC3)cc2NC1=O.Cl. The summed E-state index contributed by atoms with van der Waals surface area (Å²) in [5.74, 6) is 0.572. The average Bonchev–Trinajstić information content (AvgIpc) is 3.14. The molecule has 0 bridgehead atoms. The Kier molecular flexibility index (Phi) is 6.49. The average molecular weight is 422 g/mol. The van der Waals surface area contributed by atoms with Gasteiger partial charge in [-0.15, -0.1) is 12.4 Å². The first-order chi connectivity index (χ1) is 13.4. The van der Waals surface area contributed by atoms with Crippen molar-refractivity contribution >= 4 is 35.7 Å². The number of Topliss-reactive ketones (excluding diaryl/α,β-unsaturated/α-hetero) is 1. The molecule has 7 nitrogen and oxygen atoms in total. The van der Waals surface area contributed by atoms with Crippen molar-refractivity contribution in [2.45, 2.75) is 51.2 Å². The van der Waals surface area contributed by atoms with E-state index in [9.17, 15) is 14.4 Å². The van der Waals surface area contributed by atoms with Gasteiger partial charge in [0, 0.05) is 36.5 Å². The van der Waals surface area contributed by atoms with Gasteiger partial charge >= 0.3 is 0 Å². The van der Waals surface area contributed by atoms with Gasteiger partial charge in [0.25, 0.3) is 5.91 Å². The number of hydrogen-bond acceptors (Lipinski definition) is 5. The summed E-state index contributed by atoms with van der Waals surface area (Å²) in [6.45, 7) is 2.91. The zero-order chi connectivity index (χ0) is 19.8. The van der Waals surface area contributed by atoms with Crippen LogP contribution in [0.3, 0.4) is 0 Å². The van der Waals surface area contributed by atoms with Crippen LogP contribution >= 0.6 is 12.4 Å². The first-order valence-electron chi connectivity index (χ1n) is 10.1. The fourth-order valence-electron chi connectivity index (χ4n) is 4.46. The highest BCUT2D eigenvalue weighted by Crippen LogP contribution is 2.33. The molecule has 3 atom stereocenters. The van der Waals surface area contributed by atoms with Gasteiger partial charge in [0.2, 0.25) is 5.91 Å². The van der Waals surface area contributed by atoms with E-state index in [-0.39, 0.29) is 47.9 Å². The molecule has 3 aliphatic rings. The molecular weight excluding hydrogens is 394 g/mol. The van der Waals surface area contributed by atoms with Crippen LogP contribution in [-0.4, -0.2) is 47.7 Å². The summed E-state index contributed by atoms with van der Waals surface area (Å²) in [7, 11) is 0. The summed E-state index contributed by atoms with van der Waals surface area (Å²) in [5, 5.41) is 2.79. The van der Waals surface area contributed by atoms with E-state index >= 15 is 0 Å². The lowest BCUT2D eigenvalue weighted by molar-refractivity contribution is -0.136. The molecule has 2 aliphatic heterocycles. The van der Waals surface area contributed by atoms with Crippen molar-refractivity contribution in [3.63, 3.8) is 0 Å². The van der Waals surface area contributed by atoms with Gasteiger partial charge < -0.3 is 20.7 Å². The van der Waals surface area contributed by atoms with E-state index in [1.807, 2.05) is 4.90 Å². The van der Waals surface area contributed by atoms with E-state index in [1.54, 1.807) is 25.1 Å². The fraction of sp³-hybridized carbons (Fsp3) is 0.571. The number of rotatable bonds is 3. The van der Waals surface area contributed by atoms with Crippen molar-refractivity contribution in [2.24, 2.45) is 17.6 Å². The third kappa shape index (κ3) is 4.41. The second-order valence-corrected chi connectivity index (χ2v) is 8.19. The summed E-state index contributed by atoms with van der Waals surface area (Å²) >= 11 is 0. The number of anilines is 1. The van der Waals surface area contributed by atoms with Crippen LogP contribution in [0.4, 0.5) is 5.69 Å². The first kappa shape index (κ1) is 21.6. The van der Waals surface area contributed by atoms with E-state index in [1.165, 1.54) is 0 Å². The summed E-state index contributed by atoms with van der Waals surface area (Å²) in [6, 6.07) is 5.33. The van der Waals surface area contributed by atoms with Gasteiger partial charge in [-0.1, -0.05) is 0 Å². The summed E-state index contributed by atoms with van der Waals surface area (Å²) in [6.07, 6.45) is 3.37. The number of amides is 2. The summed E-state index contributed by atoms with van der Waals surface area (Å²) in [4.78, 5) is 39.3. The Morgan fingerprint density at radius 2 is 1.86 bits per heavy atom. The molecule has 3 N–H and O–H groups in total. The lowest BCUT2D eigenvalue weighted by atomic mass is 9.88. The summed E-state index contributed by atoms with van der Waals surface area (Å²) < 4.78 is 5.54. The number of halogens is 1. The van der Waals surface area contributed by atoms with Gasteiger partial charge in [-0.05, 0) is 57.2 Å². The minimum atomic E-state index is -0.537. The standard InChI is InChI=1S/C21H27N3O4.ClH/c1-12-20(26)23-17-11-14(3-5-18(17)28-12)19(25)13-6-8-24(9-7-13)21(27)15-2-4-16(22)10-15;/h3,5,11-13,15-16H,2,4,6-10,22H2,1H3,(H,23,26);1H. The molecule has 3 unspecified atom stereocenters. The molecule has 29 heavy (non-hydrogen) atoms. The molecular formula is C21H28ClN3O4. The maximum absolute atomic E-state index is 12.9. The smallest absolute Gasteiger partial charge is 0.265 e. The molecule has 1 aromatic rings. The van der Waals surface area contributed by atoms with Gasteiger partial charge in [0.15, 0.2) is 11.9 Å².